The van der Waals surface area contributed by atoms with Crippen LogP contribution in [0.2, 0.25) is 0 Å². The maximum Gasteiger partial charge on any atom is 0.318 e. The van der Waals surface area contributed by atoms with E-state index < -0.39 is 21.7 Å². The molecule has 1 aromatic heterocycles. The second-order valence-electron chi connectivity index (χ2n) is 9.12. The molecular weight excluding hydrogens is 470 g/mol. The van der Waals surface area contributed by atoms with E-state index in [4.69, 9.17) is 9.94 Å². The molecule has 0 saturated carbocycles. The number of amides is 2. The zero-order valence-corrected chi connectivity index (χ0v) is 20.4. The highest BCUT2D eigenvalue weighted by Gasteiger charge is 2.47. The minimum absolute atomic E-state index is 0.108. The number of nitrogens with one attached hydrogen (secondary N) is 1. The van der Waals surface area contributed by atoms with Gasteiger partial charge in [0.05, 0.1) is 35.7 Å². The Morgan fingerprint density at radius 3 is 2.63 bits per heavy atom. The Morgan fingerprint density at radius 2 is 1.91 bits per heavy atom. The van der Waals surface area contributed by atoms with Crippen LogP contribution in [-0.2, 0) is 26.0 Å². The van der Waals surface area contributed by atoms with Crippen LogP contribution in [-0.4, -0.2) is 60.8 Å². The van der Waals surface area contributed by atoms with Gasteiger partial charge in [-0.3, -0.25) is 19.5 Å². The fourth-order valence-electron chi connectivity index (χ4n) is 4.56. The van der Waals surface area contributed by atoms with Gasteiger partial charge in [0.15, 0.2) is 16.4 Å². The zero-order valence-electron chi connectivity index (χ0n) is 19.6. The molecule has 9 nitrogen and oxygen atoms in total. The average Bonchev–Trinajstić information content (AvgIpc) is 3.10. The molecule has 2 unspecified atom stereocenters. The molecule has 0 aliphatic carbocycles. The van der Waals surface area contributed by atoms with Crippen molar-refractivity contribution in [2.75, 3.05) is 25.9 Å². The second-order valence-corrected chi connectivity index (χ2v) is 11.2. The van der Waals surface area contributed by atoms with Crippen LogP contribution in [0, 0.1) is 12.8 Å². The standard InChI is InChI=1S/C25H27N3O6S/c1-17-13-19(22-5-3-4-6-23(22)26-17)15-34-20-7-9-21(10-8-20)35(32,33)16-18-11-12-28(2,25(18)30)14-24(29)27-31/h3-10,13,18H,11-12,14-16H2,1-2H3,(H-,27,29,31)/p+1. The predicted octanol–water partition coefficient (Wildman–Crippen LogP) is 2.39. The molecule has 184 valence electrons. The van der Waals surface area contributed by atoms with E-state index in [1.165, 1.54) is 17.6 Å². The van der Waals surface area contributed by atoms with Crippen molar-refractivity contribution in [3.05, 3.63) is 65.9 Å². The van der Waals surface area contributed by atoms with Crippen molar-refractivity contribution in [2.24, 2.45) is 5.92 Å². The largest absolute Gasteiger partial charge is 0.489 e. The quantitative estimate of drug-likeness (QED) is 0.278. The van der Waals surface area contributed by atoms with Gasteiger partial charge >= 0.3 is 5.91 Å². The molecule has 35 heavy (non-hydrogen) atoms. The molecule has 1 fully saturated rings. The summed E-state index contributed by atoms with van der Waals surface area (Å²) in [6, 6.07) is 15.9. The third-order valence-electron chi connectivity index (χ3n) is 6.40. The third kappa shape index (κ3) is 5.34. The van der Waals surface area contributed by atoms with Crippen molar-refractivity contribution in [1.82, 2.24) is 10.5 Å². The predicted molar refractivity (Wildman–Crippen MR) is 128 cm³/mol. The lowest BCUT2D eigenvalue weighted by molar-refractivity contribution is -0.818. The summed E-state index contributed by atoms with van der Waals surface area (Å²) in [5.41, 5.74) is 4.29. The molecule has 2 atom stereocenters. The first kappa shape index (κ1) is 24.8. The summed E-state index contributed by atoms with van der Waals surface area (Å²) < 4.78 is 31.6. The van der Waals surface area contributed by atoms with Crippen molar-refractivity contribution in [2.45, 2.75) is 24.8 Å². The number of sulfone groups is 1. The number of benzene rings is 2. The normalized spacial score (nSPS) is 20.2. The van der Waals surface area contributed by atoms with Gasteiger partial charge < -0.3 is 4.74 Å². The van der Waals surface area contributed by atoms with Crippen LogP contribution < -0.4 is 10.2 Å². The monoisotopic (exact) mass is 498 g/mol. The molecule has 0 radical (unpaired) electrons. The molecule has 1 saturated heterocycles. The first-order valence-corrected chi connectivity index (χ1v) is 12.9. The number of hydrogen-bond acceptors (Lipinski definition) is 7. The summed E-state index contributed by atoms with van der Waals surface area (Å²) in [5, 5.41) is 9.75. The number of fused-ring (bicyclic) bond motifs is 1. The number of para-hydroxylation sites is 1. The van der Waals surface area contributed by atoms with Gasteiger partial charge in [-0.05, 0) is 43.3 Å². The molecule has 1 aliphatic rings. The maximum absolute atomic E-state index is 13.0. The van der Waals surface area contributed by atoms with Crippen LogP contribution >= 0.6 is 0 Å². The molecule has 1 aliphatic heterocycles. The van der Waals surface area contributed by atoms with Crippen molar-refractivity contribution in [3.63, 3.8) is 0 Å². The number of quaternary nitrogens is 1. The van der Waals surface area contributed by atoms with E-state index in [9.17, 15) is 18.0 Å². The van der Waals surface area contributed by atoms with E-state index in [1.807, 2.05) is 37.3 Å². The number of hydrogen-bond donors (Lipinski definition) is 2. The Hall–Kier alpha value is -3.34. The fourth-order valence-corrected chi connectivity index (χ4v) is 6.14. The van der Waals surface area contributed by atoms with Crippen LogP contribution in [0.4, 0.5) is 0 Å². The molecule has 2 aromatic carbocycles. The van der Waals surface area contributed by atoms with Gasteiger partial charge in [-0.15, -0.1) is 0 Å². The van der Waals surface area contributed by atoms with Gasteiger partial charge in [-0.2, -0.15) is 0 Å². The number of ether oxygens (including phenoxy) is 1. The summed E-state index contributed by atoms with van der Waals surface area (Å²) in [6.45, 7) is 2.34. The van der Waals surface area contributed by atoms with Gasteiger partial charge in [0.25, 0.3) is 5.91 Å². The molecule has 2 amide bonds. The number of aromatic nitrogens is 1. The third-order valence-corrected chi connectivity index (χ3v) is 8.23. The lowest BCUT2D eigenvalue weighted by Gasteiger charge is -2.25. The van der Waals surface area contributed by atoms with E-state index in [2.05, 4.69) is 4.98 Å². The number of likely N-dealkylation sites (N-methyl/N-ethyl adjacent to an activating group) is 1. The highest BCUT2D eigenvalue weighted by molar-refractivity contribution is 7.91. The Bertz CT molecular complexity index is 1370. The first-order valence-electron chi connectivity index (χ1n) is 11.2. The van der Waals surface area contributed by atoms with Crippen molar-refractivity contribution in [3.8, 4) is 5.75 Å². The number of carbonyl (C=O) groups is 2. The van der Waals surface area contributed by atoms with Gasteiger partial charge in [0, 0.05) is 23.1 Å². The molecule has 0 bridgehead atoms. The number of nitrogens with zero attached hydrogens (tertiary/aromatic N) is 2. The Labute approximate surface area is 203 Å². The topological polar surface area (TPSA) is 123 Å². The molecule has 3 aromatic rings. The van der Waals surface area contributed by atoms with E-state index in [1.54, 1.807) is 19.2 Å². The van der Waals surface area contributed by atoms with Crippen LogP contribution in [0.3, 0.4) is 0 Å². The van der Waals surface area contributed by atoms with Crippen LogP contribution in [0.25, 0.3) is 10.9 Å². The second kappa shape index (κ2) is 9.73. The smallest absolute Gasteiger partial charge is 0.318 e. The molecule has 10 heteroatoms. The van der Waals surface area contributed by atoms with Gasteiger partial charge in [-0.1, -0.05) is 18.2 Å². The number of hydroxylamine groups is 1. The van der Waals surface area contributed by atoms with E-state index >= 15 is 0 Å². The maximum atomic E-state index is 13.0. The van der Waals surface area contributed by atoms with Gasteiger partial charge in [-0.25, -0.2) is 18.7 Å². The highest BCUT2D eigenvalue weighted by Crippen LogP contribution is 2.28. The molecule has 2 N–H and O–H groups in total. The molecule has 2 heterocycles. The highest BCUT2D eigenvalue weighted by atomic mass is 32.2. The Balaban J connectivity index is 1.42. The number of aryl methyl sites for hydroxylation is 1. The Kier molecular flexibility index (Phi) is 6.88. The number of carbonyl (C=O) groups excluding carboxylic acids is 2. The molecular formula is C25H28N3O6S+. The van der Waals surface area contributed by atoms with Gasteiger partial charge in [0.1, 0.15) is 12.4 Å². The average molecular weight is 499 g/mol. The summed E-state index contributed by atoms with van der Waals surface area (Å²) in [7, 11) is -2.15. The SMILES string of the molecule is Cc1cc(COc2ccc(S(=O)(=O)CC3CC[N+](C)(CC(=O)NO)C3=O)cc2)c2ccccc2n1. The summed E-state index contributed by atoms with van der Waals surface area (Å²) in [4.78, 5) is 29.0. The Morgan fingerprint density at radius 1 is 1.20 bits per heavy atom. The van der Waals surface area contributed by atoms with Crippen molar-refractivity contribution < 1.29 is 32.4 Å². The van der Waals surface area contributed by atoms with Crippen LogP contribution in [0.5, 0.6) is 5.75 Å². The number of likely N-dealkylation sites (tertiary alicyclic amines) is 1. The van der Waals surface area contributed by atoms with Crippen molar-refractivity contribution >= 4 is 32.6 Å². The lowest BCUT2D eigenvalue weighted by atomic mass is 10.1. The van der Waals surface area contributed by atoms with E-state index in [-0.39, 0.29) is 27.6 Å². The fraction of sp³-hybridized carbons (Fsp3) is 0.320. The number of pyridine rings is 1. The summed E-state index contributed by atoms with van der Waals surface area (Å²) >= 11 is 0. The zero-order chi connectivity index (χ0) is 25.2. The lowest BCUT2D eigenvalue weighted by Crippen LogP contribution is -2.52. The van der Waals surface area contributed by atoms with Crippen LogP contribution in [0.15, 0.2) is 59.5 Å². The molecule has 0 spiro atoms. The van der Waals surface area contributed by atoms with E-state index in [0.717, 1.165) is 22.2 Å². The summed E-state index contributed by atoms with van der Waals surface area (Å²) in [5.74, 6) is -1.52. The van der Waals surface area contributed by atoms with Gasteiger partial charge in [0.2, 0.25) is 0 Å². The number of rotatable bonds is 8. The van der Waals surface area contributed by atoms with E-state index in [0.29, 0.717) is 25.3 Å². The minimum Gasteiger partial charge on any atom is -0.489 e. The first-order chi connectivity index (χ1) is 16.6. The molecule has 4 rings (SSSR count). The minimum atomic E-state index is -3.72. The van der Waals surface area contributed by atoms with Crippen molar-refractivity contribution in [1.29, 1.82) is 0 Å². The van der Waals surface area contributed by atoms with Crippen LogP contribution in [0.1, 0.15) is 17.7 Å². The summed E-state index contributed by atoms with van der Waals surface area (Å²) in [6.07, 6.45) is 0.355.